The first-order valence-corrected chi connectivity index (χ1v) is 6.72. The summed E-state index contributed by atoms with van der Waals surface area (Å²) in [5, 5.41) is 11.9. The van der Waals surface area contributed by atoms with E-state index in [9.17, 15) is 14.7 Å². The molecule has 1 aliphatic rings. The van der Waals surface area contributed by atoms with Gasteiger partial charge in [-0.25, -0.2) is 4.79 Å². The summed E-state index contributed by atoms with van der Waals surface area (Å²) in [5.41, 5.74) is 2.18. The quantitative estimate of drug-likeness (QED) is 0.854. The molecule has 0 radical (unpaired) electrons. The van der Waals surface area contributed by atoms with Crippen molar-refractivity contribution >= 4 is 17.0 Å². The maximum Gasteiger partial charge on any atom is 0.420 e. The molecule has 106 valence electrons. The predicted molar refractivity (Wildman–Crippen MR) is 72.3 cm³/mol. The van der Waals surface area contributed by atoms with Gasteiger partial charge in [0.25, 0.3) is 0 Å². The molecule has 1 saturated heterocycles. The van der Waals surface area contributed by atoms with Crippen LogP contribution in [0.1, 0.15) is 31.4 Å². The number of nitrogens with zero attached hydrogens (tertiary/aromatic N) is 1. The van der Waals surface area contributed by atoms with Crippen LogP contribution in [0.5, 0.6) is 0 Å². The fraction of sp³-hybridized carbons (Fsp3) is 0.429. The summed E-state index contributed by atoms with van der Waals surface area (Å²) < 4.78 is 6.61. The Morgan fingerprint density at radius 2 is 2.20 bits per heavy atom. The summed E-state index contributed by atoms with van der Waals surface area (Å²) in [6, 6.07) is 4.92. The van der Waals surface area contributed by atoms with Crippen molar-refractivity contribution in [2.75, 3.05) is 0 Å². The molecule has 1 aromatic carbocycles. The van der Waals surface area contributed by atoms with E-state index in [4.69, 9.17) is 4.42 Å². The summed E-state index contributed by atoms with van der Waals surface area (Å²) in [5.74, 6) is -0.891. The molecule has 0 bridgehead atoms. The molecule has 3 rings (SSSR count). The molecule has 1 aromatic heterocycles. The van der Waals surface area contributed by atoms with E-state index in [-0.39, 0.29) is 5.91 Å². The molecule has 6 nitrogen and oxygen atoms in total. The lowest BCUT2D eigenvalue weighted by Crippen LogP contribution is -2.46. The number of hydrogen-bond donors (Lipinski definition) is 2. The van der Waals surface area contributed by atoms with Crippen LogP contribution in [0.25, 0.3) is 11.1 Å². The third-order valence-electron chi connectivity index (χ3n) is 3.72. The molecule has 2 atom stereocenters. The van der Waals surface area contributed by atoms with Crippen molar-refractivity contribution < 1.29 is 14.3 Å². The van der Waals surface area contributed by atoms with Gasteiger partial charge in [-0.05, 0) is 37.0 Å². The minimum atomic E-state index is -0.834. The van der Waals surface area contributed by atoms with Gasteiger partial charge in [0.05, 0.1) is 5.52 Å². The number of carbonyl (C=O) groups excluding carboxylic acids is 1. The minimum absolute atomic E-state index is 0.354. The molecule has 0 saturated carbocycles. The highest BCUT2D eigenvalue weighted by Gasteiger charge is 2.31. The van der Waals surface area contributed by atoms with E-state index in [0.29, 0.717) is 23.9 Å². The Labute approximate surface area is 115 Å². The lowest BCUT2D eigenvalue weighted by molar-refractivity contribution is -0.130. The van der Waals surface area contributed by atoms with E-state index < -0.39 is 18.0 Å². The second-order valence-corrected chi connectivity index (χ2v) is 5.01. The number of rotatable bonds is 2. The van der Waals surface area contributed by atoms with E-state index in [2.05, 4.69) is 5.32 Å². The van der Waals surface area contributed by atoms with Crippen molar-refractivity contribution in [2.24, 2.45) is 0 Å². The van der Waals surface area contributed by atoms with Crippen LogP contribution in [0.3, 0.4) is 0 Å². The van der Waals surface area contributed by atoms with Crippen molar-refractivity contribution in [3.8, 4) is 0 Å². The maximum absolute atomic E-state index is 12.0. The van der Waals surface area contributed by atoms with Crippen molar-refractivity contribution in [2.45, 2.75) is 38.5 Å². The third kappa shape index (κ3) is 2.02. The number of piperidine rings is 1. The molecular weight excluding hydrogens is 260 g/mol. The zero-order chi connectivity index (χ0) is 14.3. The molecule has 0 spiro atoms. The van der Waals surface area contributed by atoms with Gasteiger partial charge in [0, 0.05) is 0 Å². The van der Waals surface area contributed by atoms with Gasteiger partial charge in [-0.3, -0.25) is 9.36 Å². The van der Waals surface area contributed by atoms with Crippen LogP contribution in [-0.2, 0) is 11.2 Å². The van der Waals surface area contributed by atoms with E-state index in [1.807, 2.05) is 19.1 Å². The number of aryl methyl sites for hydroxylation is 1. The van der Waals surface area contributed by atoms with E-state index in [1.54, 1.807) is 6.07 Å². The van der Waals surface area contributed by atoms with Crippen molar-refractivity contribution in [1.29, 1.82) is 0 Å². The predicted octanol–water partition coefficient (Wildman–Crippen LogP) is 0.926. The molecule has 0 aliphatic carbocycles. The number of aromatic nitrogens is 1. The first kappa shape index (κ1) is 12.9. The average Bonchev–Trinajstić information content (AvgIpc) is 2.74. The van der Waals surface area contributed by atoms with E-state index in [0.717, 1.165) is 12.0 Å². The van der Waals surface area contributed by atoms with Crippen molar-refractivity contribution in [3.05, 3.63) is 34.3 Å². The standard InChI is InChI=1S/C14H16N2O4/c1-2-8-3-4-9-11(7-8)20-14(19)16(9)10-5-6-12(17)15-13(10)18/h3-4,7,10,12,17H,2,5-6H2,1H3,(H,15,18)/t10-,12?/m1/s1. The number of oxazole rings is 1. The fourth-order valence-electron chi connectivity index (χ4n) is 2.62. The smallest absolute Gasteiger partial charge is 0.408 e. The van der Waals surface area contributed by atoms with Crippen LogP contribution in [0.2, 0.25) is 0 Å². The zero-order valence-electron chi connectivity index (χ0n) is 11.1. The Morgan fingerprint density at radius 1 is 1.40 bits per heavy atom. The van der Waals surface area contributed by atoms with Gasteiger partial charge in [-0.15, -0.1) is 0 Å². The van der Waals surface area contributed by atoms with Crippen LogP contribution in [0.4, 0.5) is 0 Å². The second kappa shape index (κ2) is 4.79. The topological polar surface area (TPSA) is 84.5 Å². The average molecular weight is 276 g/mol. The van der Waals surface area contributed by atoms with Gasteiger partial charge in [0.1, 0.15) is 12.3 Å². The Bertz CT molecular complexity index is 716. The molecule has 6 heteroatoms. The Balaban J connectivity index is 2.09. The molecule has 1 amide bonds. The minimum Gasteiger partial charge on any atom is -0.408 e. The van der Waals surface area contributed by atoms with Gasteiger partial charge in [-0.2, -0.15) is 0 Å². The number of aliphatic hydroxyl groups excluding tert-OH is 1. The molecule has 2 aromatic rings. The molecular formula is C14H16N2O4. The number of aliphatic hydroxyl groups is 1. The highest BCUT2D eigenvalue weighted by atomic mass is 16.4. The van der Waals surface area contributed by atoms with Gasteiger partial charge in [0.2, 0.25) is 5.91 Å². The normalized spacial score (nSPS) is 23.0. The highest BCUT2D eigenvalue weighted by Crippen LogP contribution is 2.24. The molecule has 1 fully saturated rings. The van der Waals surface area contributed by atoms with Crippen LogP contribution in [-0.4, -0.2) is 21.8 Å². The number of nitrogens with one attached hydrogen (secondary N) is 1. The van der Waals surface area contributed by atoms with Crippen LogP contribution < -0.4 is 11.1 Å². The summed E-state index contributed by atoms with van der Waals surface area (Å²) >= 11 is 0. The van der Waals surface area contributed by atoms with Crippen LogP contribution in [0.15, 0.2) is 27.4 Å². The summed E-state index contributed by atoms with van der Waals surface area (Å²) in [6.45, 7) is 2.02. The Kier molecular flexibility index (Phi) is 3.10. The Morgan fingerprint density at radius 3 is 2.90 bits per heavy atom. The molecule has 1 aliphatic heterocycles. The summed E-state index contributed by atoms with van der Waals surface area (Å²) in [6.07, 6.45) is 0.847. The summed E-state index contributed by atoms with van der Waals surface area (Å²) in [4.78, 5) is 24.0. The number of carbonyl (C=O) groups is 1. The Hall–Kier alpha value is -2.08. The number of fused-ring (bicyclic) bond motifs is 1. The number of amides is 1. The lowest BCUT2D eigenvalue weighted by Gasteiger charge is -2.26. The first-order chi connectivity index (χ1) is 9.60. The molecule has 2 heterocycles. The largest absolute Gasteiger partial charge is 0.420 e. The van der Waals surface area contributed by atoms with Crippen LogP contribution in [0, 0.1) is 0 Å². The van der Waals surface area contributed by atoms with Gasteiger partial charge in [0.15, 0.2) is 5.58 Å². The zero-order valence-corrected chi connectivity index (χ0v) is 11.1. The van der Waals surface area contributed by atoms with E-state index in [1.165, 1.54) is 4.57 Å². The SMILES string of the molecule is CCc1ccc2c(c1)oc(=O)n2[C@@H]1CCC(O)NC1=O. The van der Waals surface area contributed by atoms with Crippen LogP contribution >= 0.6 is 0 Å². The third-order valence-corrected chi connectivity index (χ3v) is 3.72. The second-order valence-electron chi connectivity index (χ2n) is 5.01. The van der Waals surface area contributed by atoms with Gasteiger partial charge < -0.3 is 14.8 Å². The van der Waals surface area contributed by atoms with E-state index >= 15 is 0 Å². The fourth-order valence-corrected chi connectivity index (χ4v) is 2.62. The van der Waals surface area contributed by atoms with Gasteiger partial charge >= 0.3 is 5.76 Å². The van der Waals surface area contributed by atoms with Crippen molar-refractivity contribution in [3.63, 3.8) is 0 Å². The lowest BCUT2D eigenvalue weighted by atomic mass is 10.0. The highest BCUT2D eigenvalue weighted by molar-refractivity contribution is 5.84. The summed E-state index contributed by atoms with van der Waals surface area (Å²) in [7, 11) is 0. The monoisotopic (exact) mass is 276 g/mol. The molecule has 1 unspecified atom stereocenters. The molecule has 2 N–H and O–H groups in total. The number of benzene rings is 1. The molecule has 20 heavy (non-hydrogen) atoms. The van der Waals surface area contributed by atoms with Crippen molar-refractivity contribution in [1.82, 2.24) is 9.88 Å². The maximum atomic E-state index is 12.0. The van der Waals surface area contributed by atoms with Gasteiger partial charge in [-0.1, -0.05) is 13.0 Å². The number of hydrogen-bond acceptors (Lipinski definition) is 4. The first-order valence-electron chi connectivity index (χ1n) is 6.72.